The molecule has 2 heterocycles. The minimum absolute atomic E-state index is 0.229. The Bertz CT molecular complexity index is 1050. The molecule has 0 saturated carbocycles. The molecule has 1 fully saturated rings. The molecule has 2 aromatic carbocycles. The van der Waals surface area contributed by atoms with Gasteiger partial charge < -0.3 is 14.8 Å². The second kappa shape index (κ2) is 6.72. The number of H-pyrrole nitrogens is 1. The molecule has 0 atom stereocenters. The molecular formula is C19H20BrN3O2S. The van der Waals surface area contributed by atoms with Gasteiger partial charge in [0.25, 0.3) is 0 Å². The molecule has 1 aliphatic rings. The van der Waals surface area contributed by atoms with Gasteiger partial charge in [-0.3, -0.25) is 0 Å². The van der Waals surface area contributed by atoms with Crippen LogP contribution >= 0.6 is 15.9 Å². The van der Waals surface area contributed by atoms with Crippen molar-refractivity contribution in [3.63, 3.8) is 0 Å². The van der Waals surface area contributed by atoms with E-state index in [1.807, 2.05) is 18.2 Å². The molecule has 0 unspecified atom stereocenters. The van der Waals surface area contributed by atoms with Crippen molar-refractivity contribution in [2.75, 3.05) is 38.1 Å². The number of nitrogens with one attached hydrogen (secondary N) is 1. The molecule has 0 radical (unpaired) electrons. The number of sulfone groups is 1. The summed E-state index contributed by atoms with van der Waals surface area (Å²) in [5.41, 5.74) is 1.94. The molecule has 5 nitrogen and oxygen atoms in total. The van der Waals surface area contributed by atoms with Crippen LogP contribution in [0, 0.1) is 0 Å². The number of aromatic nitrogens is 1. The van der Waals surface area contributed by atoms with Crippen molar-refractivity contribution >= 4 is 42.4 Å². The van der Waals surface area contributed by atoms with E-state index in [1.165, 1.54) is 0 Å². The molecule has 0 amide bonds. The fraction of sp³-hybridized carbons (Fsp3) is 0.263. The number of rotatable bonds is 3. The molecule has 4 rings (SSSR count). The smallest absolute Gasteiger partial charge is 0.221 e. The third-order valence-corrected chi connectivity index (χ3v) is 7.02. The molecule has 0 bridgehead atoms. The third-order valence-electron chi connectivity index (χ3n) is 4.85. The molecule has 1 saturated heterocycles. The van der Waals surface area contributed by atoms with Crippen molar-refractivity contribution in [3.05, 3.63) is 53.0 Å². The number of anilines is 1. The highest BCUT2D eigenvalue weighted by molar-refractivity contribution is 9.10. The quantitative estimate of drug-likeness (QED) is 0.686. The Morgan fingerprint density at radius 2 is 1.73 bits per heavy atom. The maximum atomic E-state index is 13.0. The average molecular weight is 434 g/mol. The van der Waals surface area contributed by atoms with Crippen molar-refractivity contribution in [3.8, 4) is 0 Å². The van der Waals surface area contributed by atoms with Crippen LogP contribution in [0.4, 0.5) is 5.69 Å². The lowest BCUT2D eigenvalue weighted by atomic mass is 10.2. The maximum Gasteiger partial charge on any atom is 0.221 e. The minimum atomic E-state index is -3.59. The van der Waals surface area contributed by atoms with E-state index < -0.39 is 9.84 Å². The van der Waals surface area contributed by atoms with Gasteiger partial charge in [0.2, 0.25) is 9.84 Å². The van der Waals surface area contributed by atoms with Crippen LogP contribution in [-0.2, 0) is 9.84 Å². The van der Waals surface area contributed by atoms with E-state index in [0.29, 0.717) is 0 Å². The van der Waals surface area contributed by atoms with Crippen molar-refractivity contribution in [1.29, 1.82) is 0 Å². The van der Waals surface area contributed by atoms with Gasteiger partial charge in [0.1, 0.15) is 5.03 Å². The number of nitrogens with zero attached hydrogens (tertiary/aromatic N) is 2. The Labute approximate surface area is 161 Å². The summed E-state index contributed by atoms with van der Waals surface area (Å²) in [4.78, 5) is 8.06. The summed E-state index contributed by atoms with van der Waals surface area (Å²) in [7, 11) is -1.47. The first-order valence-electron chi connectivity index (χ1n) is 8.51. The topological polar surface area (TPSA) is 56.4 Å². The summed E-state index contributed by atoms with van der Waals surface area (Å²) in [5, 5.41) is 1.14. The van der Waals surface area contributed by atoms with E-state index >= 15 is 0 Å². The first-order valence-corrected chi connectivity index (χ1v) is 10.8. The largest absolute Gasteiger partial charge is 0.367 e. The predicted octanol–water partition coefficient (Wildman–Crippen LogP) is 3.52. The van der Waals surface area contributed by atoms with Gasteiger partial charge in [0.15, 0.2) is 0 Å². The van der Waals surface area contributed by atoms with Crippen LogP contribution < -0.4 is 4.90 Å². The lowest BCUT2D eigenvalue weighted by Crippen LogP contribution is -2.44. The van der Waals surface area contributed by atoms with Gasteiger partial charge >= 0.3 is 0 Å². The van der Waals surface area contributed by atoms with Crippen LogP contribution in [0.3, 0.4) is 0 Å². The first kappa shape index (κ1) is 17.6. The molecule has 3 aromatic rings. The van der Waals surface area contributed by atoms with Gasteiger partial charge in [0.05, 0.1) is 16.1 Å². The average Bonchev–Trinajstić information content (AvgIpc) is 3.07. The standard InChI is InChI=1S/C19H20BrN3O2S/c1-22-8-10-23(11-9-22)17-7-2-4-14-12-18(21-19(14)17)26(24,25)16-6-3-5-15(20)13-16/h2-7,12-13,21H,8-11H2,1H3. The van der Waals surface area contributed by atoms with Gasteiger partial charge in [-0.05, 0) is 37.4 Å². The number of halogens is 1. The molecule has 1 aromatic heterocycles. The van der Waals surface area contributed by atoms with Gasteiger partial charge in [-0.2, -0.15) is 0 Å². The van der Waals surface area contributed by atoms with Crippen molar-refractivity contribution in [2.24, 2.45) is 0 Å². The molecule has 7 heteroatoms. The van der Waals surface area contributed by atoms with E-state index in [4.69, 9.17) is 0 Å². The fourth-order valence-corrected chi connectivity index (χ4v) is 5.19. The Balaban J connectivity index is 1.78. The van der Waals surface area contributed by atoms with Crippen LogP contribution in [0.25, 0.3) is 10.9 Å². The highest BCUT2D eigenvalue weighted by Gasteiger charge is 2.23. The van der Waals surface area contributed by atoms with Crippen molar-refractivity contribution in [1.82, 2.24) is 9.88 Å². The number of likely N-dealkylation sites (N-methyl/N-ethyl adjacent to an activating group) is 1. The summed E-state index contributed by atoms with van der Waals surface area (Å²) in [6.45, 7) is 3.87. The predicted molar refractivity (Wildman–Crippen MR) is 108 cm³/mol. The van der Waals surface area contributed by atoms with Crippen LogP contribution in [0.5, 0.6) is 0 Å². The zero-order chi connectivity index (χ0) is 18.3. The normalized spacial score (nSPS) is 16.3. The van der Waals surface area contributed by atoms with Crippen LogP contribution in [0.2, 0.25) is 0 Å². The second-order valence-corrected chi connectivity index (χ2v) is 9.46. The zero-order valence-corrected chi connectivity index (χ0v) is 16.8. The van der Waals surface area contributed by atoms with Crippen LogP contribution in [0.1, 0.15) is 0 Å². The van der Waals surface area contributed by atoms with Gasteiger partial charge in [-0.1, -0.05) is 34.1 Å². The number of benzene rings is 2. The van der Waals surface area contributed by atoms with E-state index in [1.54, 1.807) is 24.3 Å². The van der Waals surface area contributed by atoms with Gasteiger partial charge in [-0.25, -0.2) is 8.42 Å². The third kappa shape index (κ3) is 3.15. The Kier molecular flexibility index (Phi) is 4.54. The number of hydrogen-bond acceptors (Lipinski definition) is 4. The number of fused-ring (bicyclic) bond motifs is 1. The number of aromatic amines is 1. The Hall–Kier alpha value is -1.83. The van der Waals surface area contributed by atoms with E-state index in [-0.39, 0.29) is 9.92 Å². The molecule has 0 spiro atoms. The molecule has 1 aliphatic heterocycles. The summed E-state index contributed by atoms with van der Waals surface area (Å²) in [6, 6.07) is 14.5. The van der Waals surface area contributed by atoms with Crippen molar-refractivity contribution < 1.29 is 8.42 Å². The Morgan fingerprint density at radius 1 is 1.00 bits per heavy atom. The summed E-state index contributed by atoms with van der Waals surface area (Å²) >= 11 is 3.35. The molecule has 26 heavy (non-hydrogen) atoms. The summed E-state index contributed by atoms with van der Waals surface area (Å²) in [6.07, 6.45) is 0. The highest BCUT2D eigenvalue weighted by Crippen LogP contribution is 2.31. The second-order valence-electron chi connectivity index (χ2n) is 6.63. The molecule has 0 aliphatic carbocycles. The lowest BCUT2D eigenvalue weighted by Gasteiger charge is -2.34. The van der Waals surface area contributed by atoms with Gasteiger partial charge in [0, 0.05) is 36.0 Å². The van der Waals surface area contributed by atoms with E-state index in [2.05, 4.69) is 43.8 Å². The highest BCUT2D eigenvalue weighted by atomic mass is 79.9. The summed E-state index contributed by atoms with van der Waals surface area (Å²) in [5.74, 6) is 0. The number of para-hydroxylation sites is 1. The van der Waals surface area contributed by atoms with Crippen LogP contribution in [-0.4, -0.2) is 51.5 Å². The minimum Gasteiger partial charge on any atom is -0.367 e. The van der Waals surface area contributed by atoms with E-state index in [0.717, 1.165) is 47.2 Å². The van der Waals surface area contributed by atoms with E-state index in [9.17, 15) is 8.42 Å². The maximum absolute atomic E-state index is 13.0. The van der Waals surface area contributed by atoms with Crippen LogP contribution in [0.15, 0.2) is 62.9 Å². The molecular weight excluding hydrogens is 414 g/mol. The number of piperazine rings is 1. The summed E-state index contributed by atoms with van der Waals surface area (Å²) < 4.78 is 26.8. The zero-order valence-electron chi connectivity index (χ0n) is 14.4. The molecule has 1 N–H and O–H groups in total. The SMILES string of the molecule is CN1CCN(c2cccc3cc(S(=O)(=O)c4cccc(Br)c4)[nH]c23)CC1. The first-order chi connectivity index (χ1) is 12.4. The fourth-order valence-electron chi connectivity index (χ4n) is 3.33. The van der Waals surface area contributed by atoms with Crippen molar-refractivity contribution in [2.45, 2.75) is 9.92 Å². The van der Waals surface area contributed by atoms with Gasteiger partial charge in [-0.15, -0.1) is 0 Å². The molecule has 136 valence electrons. The Morgan fingerprint density at radius 3 is 2.46 bits per heavy atom. The lowest BCUT2D eigenvalue weighted by molar-refractivity contribution is 0.313. The number of hydrogen-bond donors (Lipinski definition) is 1. The monoisotopic (exact) mass is 433 g/mol.